The zero-order valence-corrected chi connectivity index (χ0v) is 23.0. The average molecular weight is 544 g/mol. The molecule has 5 amide bonds. The fourth-order valence-electron chi connectivity index (χ4n) is 4.26. The number of carbonyl (C=O) groups is 3. The number of hydrogen-bond acceptors (Lipinski definition) is 5. The molecule has 0 saturated carbocycles. The number of rotatable bonds is 7. The number of fused-ring (bicyclic) bond motifs is 1. The lowest BCUT2D eigenvalue weighted by Crippen LogP contribution is -2.48. The summed E-state index contributed by atoms with van der Waals surface area (Å²) in [4.78, 5) is 41.5. The molecule has 3 rings (SSSR count). The first-order valence-corrected chi connectivity index (χ1v) is 13.0. The Morgan fingerprint density at radius 1 is 1.13 bits per heavy atom. The van der Waals surface area contributed by atoms with Crippen molar-refractivity contribution in [2.75, 3.05) is 37.4 Å². The molecular weight excluding hydrogens is 505 g/mol. The largest absolute Gasteiger partial charge is 0.488 e. The van der Waals surface area contributed by atoms with Gasteiger partial charge in [0.2, 0.25) is 5.91 Å². The van der Waals surface area contributed by atoms with Gasteiger partial charge < -0.3 is 35.6 Å². The van der Waals surface area contributed by atoms with Crippen LogP contribution in [0.1, 0.15) is 33.3 Å². The number of halogens is 1. The fourth-order valence-corrected chi connectivity index (χ4v) is 4.26. The number of likely N-dealkylation sites (N-methyl/N-ethyl adjacent to an activating group) is 1. The second-order valence-electron chi connectivity index (χ2n) is 10.3. The maximum absolute atomic E-state index is 13.3. The summed E-state index contributed by atoms with van der Waals surface area (Å²) in [7, 11) is 1.63. The predicted octanol–water partition coefficient (Wildman–Crippen LogP) is 3.67. The van der Waals surface area contributed by atoms with Gasteiger partial charge in [0.15, 0.2) is 0 Å². The van der Waals surface area contributed by atoms with Crippen molar-refractivity contribution < 1.29 is 28.6 Å². The zero-order valence-electron chi connectivity index (χ0n) is 23.0. The summed E-state index contributed by atoms with van der Waals surface area (Å²) in [5.41, 5.74) is 1.54. The van der Waals surface area contributed by atoms with Crippen LogP contribution in [0.15, 0.2) is 42.5 Å². The van der Waals surface area contributed by atoms with E-state index in [2.05, 4.69) is 16.0 Å². The van der Waals surface area contributed by atoms with Crippen LogP contribution in [0.4, 0.5) is 25.4 Å². The third kappa shape index (κ3) is 8.31. The second kappa shape index (κ2) is 13.3. The van der Waals surface area contributed by atoms with E-state index in [1.165, 1.54) is 29.2 Å². The number of amides is 5. The van der Waals surface area contributed by atoms with Crippen molar-refractivity contribution in [1.29, 1.82) is 0 Å². The van der Waals surface area contributed by atoms with Crippen molar-refractivity contribution in [2.24, 2.45) is 5.92 Å². The van der Waals surface area contributed by atoms with E-state index in [4.69, 9.17) is 4.74 Å². The molecule has 10 nitrogen and oxygen atoms in total. The molecule has 4 N–H and O–H groups in total. The third-order valence-corrected chi connectivity index (χ3v) is 6.49. The minimum Gasteiger partial charge on any atom is -0.488 e. The molecule has 1 aliphatic heterocycles. The molecule has 2 aromatic carbocycles. The van der Waals surface area contributed by atoms with E-state index >= 15 is 0 Å². The zero-order chi connectivity index (χ0) is 28.7. The van der Waals surface area contributed by atoms with Gasteiger partial charge in [-0.2, -0.15) is 0 Å². The molecule has 0 aliphatic carbocycles. The van der Waals surface area contributed by atoms with E-state index in [1.54, 1.807) is 37.1 Å². The van der Waals surface area contributed by atoms with Crippen LogP contribution < -0.4 is 20.7 Å². The third-order valence-electron chi connectivity index (χ3n) is 6.49. The van der Waals surface area contributed by atoms with Gasteiger partial charge in [0.05, 0.1) is 25.6 Å². The van der Waals surface area contributed by atoms with Crippen LogP contribution in [-0.2, 0) is 11.2 Å². The highest BCUT2D eigenvalue weighted by atomic mass is 19.1. The Balaban J connectivity index is 1.86. The molecule has 0 saturated heterocycles. The van der Waals surface area contributed by atoms with Crippen LogP contribution in [0.25, 0.3) is 0 Å². The van der Waals surface area contributed by atoms with E-state index in [0.717, 1.165) is 0 Å². The van der Waals surface area contributed by atoms with Gasteiger partial charge in [-0.1, -0.05) is 6.92 Å². The van der Waals surface area contributed by atoms with Gasteiger partial charge in [-0.3, -0.25) is 4.79 Å². The van der Waals surface area contributed by atoms with Gasteiger partial charge >= 0.3 is 12.1 Å². The highest BCUT2D eigenvalue weighted by Gasteiger charge is 2.32. The molecular formula is C28H38FN5O5. The Hall–Kier alpha value is -3.86. The lowest BCUT2D eigenvalue weighted by molar-refractivity contribution is -0.134. The van der Waals surface area contributed by atoms with Crippen molar-refractivity contribution >= 4 is 29.3 Å². The minimum atomic E-state index is -0.505. The lowest BCUT2D eigenvalue weighted by Gasteiger charge is -2.34. The summed E-state index contributed by atoms with van der Waals surface area (Å²) in [6.45, 7) is 7.71. The first-order chi connectivity index (χ1) is 18.5. The Bertz CT molecular complexity index is 1160. The van der Waals surface area contributed by atoms with E-state index in [0.29, 0.717) is 29.2 Å². The summed E-state index contributed by atoms with van der Waals surface area (Å²) in [6, 6.07) is 9.36. The van der Waals surface area contributed by atoms with Crippen LogP contribution in [0.2, 0.25) is 0 Å². The van der Waals surface area contributed by atoms with Crippen molar-refractivity contribution in [3.8, 4) is 5.75 Å². The number of nitrogens with one attached hydrogen (secondary N) is 3. The summed E-state index contributed by atoms with van der Waals surface area (Å²) in [6.07, 6.45) is -0.489. The molecule has 0 aromatic heterocycles. The van der Waals surface area contributed by atoms with E-state index in [1.807, 2.05) is 20.8 Å². The van der Waals surface area contributed by atoms with Crippen LogP contribution in [-0.4, -0.2) is 77.8 Å². The standard InChI is InChI=1S/C28H38FN5O5/c1-17(2)30-27(37)31-23-10-11-24-20(12-23)13-26(36)34(19(4)16-35)14-18(3)25(39-24)15-33(5)28(38)32-22-8-6-21(29)7-9-22/h6-12,17-19,25,35H,13-16H2,1-5H3,(H,32,38)(H2,30,31,37)/t18-,19-,25+/m0/s1. The SMILES string of the molecule is CC(C)NC(=O)Nc1ccc2c(c1)CC(=O)N([C@@H](C)CO)C[C@H](C)[C@@H](CN(C)C(=O)Nc1ccc(F)cc1)O2. The molecule has 0 bridgehead atoms. The van der Waals surface area contributed by atoms with Gasteiger partial charge in [0, 0.05) is 42.5 Å². The van der Waals surface area contributed by atoms with Gasteiger partial charge in [0.25, 0.3) is 0 Å². The number of nitrogens with zero attached hydrogens (tertiary/aromatic N) is 2. The van der Waals surface area contributed by atoms with Gasteiger partial charge in [-0.05, 0) is 63.2 Å². The maximum Gasteiger partial charge on any atom is 0.321 e. The number of urea groups is 2. The Morgan fingerprint density at radius 3 is 2.44 bits per heavy atom. The molecule has 11 heteroatoms. The smallest absolute Gasteiger partial charge is 0.321 e. The number of anilines is 2. The topological polar surface area (TPSA) is 123 Å². The number of benzene rings is 2. The van der Waals surface area contributed by atoms with Crippen LogP contribution in [0.3, 0.4) is 0 Å². The molecule has 1 aliphatic rings. The van der Waals surface area contributed by atoms with Gasteiger partial charge in [-0.15, -0.1) is 0 Å². The lowest BCUT2D eigenvalue weighted by atomic mass is 10.0. The van der Waals surface area contributed by atoms with E-state index < -0.39 is 24.0 Å². The molecule has 0 fully saturated rings. The molecule has 2 aromatic rings. The number of ether oxygens (including phenoxy) is 1. The van der Waals surface area contributed by atoms with Crippen LogP contribution >= 0.6 is 0 Å². The van der Waals surface area contributed by atoms with Gasteiger partial charge in [0.1, 0.15) is 17.7 Å². The number of hydrogen-bond donors (Lipinski definition) is 4. The predicted molar refractivity (Wildman–Crippen MR) is 147 cm³/mol. The monoisotopic (exact) mass is 543 g/mol. The summed E-state index contributed by atoms with van der Waals surface area (Å²) < 4.78 is 19.6. The molecule has 212 valence electrons. The quantitative estimate of drug-likeness (QED) is 0.424. The van der Waals surface area contributed by atoms with Crippen molar-refractivity contribution in [2.45, 2.75) is 52.3 Å². The molecule has 0 radical (unpaired) electrons. The molecule has 0 unspecified atom stereocenters. The molecule has 0 spiro atoms. The Kier molecular flexibility index (Phi) is 10.1. The molecule has 39 heavy (non-hydrogen) atoms. The minimum absolute atomic E-state index is 0.0152. The average Bonchev–Trinajstić information content (AvgIpc) is 2.92. The first-order valence-electron chi connectivity index (χ1n) is 13.0. The first kappa shape index (κ1) is 29.7. The van der Waals surface area contributed by atoms with Crippen molar-refractivity contribution in [3.05, 3.63) is 53.8 Å². The fraction of sp³-hybridized carbons (Fsp3) is 0.464. The molecule has 1 heterocycles. The van der Waals surface area contributed by atoms with Crippen LogP contribution in [0.5, 0.6) is 5.75 Å². The molecule has 3 atom stereocenters. The summed E-state index contributed by atoms with van der Waals surface area (Å²) in [5, 5.41) is 18.1. The maximum atomic E-state index is 13.3. The van der Waals surface area contributed by atoms with E-state index in [9.17, 15) is 23.9 Å². The summed E-state index contributed by atoms with van der Waals surface area (Å²) in [5.74, 6) is -0.312. The highest BCUT2D eigenvalue weighted by Crippen LogP contribution is 2.29. The number of aliphatic hydroxyl groups excluding tert-OH is 1. The normalized spacial score (nSPS) is 18.2. The summed E-state index contributed by atoms with van der Waals surface area (Å²) >= 11 is 0. The number of aliphatic hydroxyl groups is 1. The highest BCUT2D eigenvalue weighted by molar-refractivity contribution is 5.90. The van der Waals surface area contributed by atoms with E-state index in [-0.39, 0.29) is 43.5 Å². The van der Waals surface area contributed by atoms with Gasteiger partial charge in [-0.25, -0.2) is 14.0 Å². The second-order valence-corrected chi connectivity index (χ2v) is 10.3. The Morgan fingerprint density at radius 2 is 1.79 bits per heavy atom. The van der Waals surface area contributed by atoms with Crippen LogP contribution in [0, 0.1) is 11.7 Å². The van der Waals surface area contributed by atoms with Crippen molar-refractivity contribution in [3.63, 3.8) is 0 Å². The Labute approximate surface area is 228 Å². The number of carbonyl (C=O) groups excluding carboxylic acids is 3. The van der Waals surface area contributed by atoms with Crippen molar-refractivity contribution in [1.82, 2.24) is 15.1 Å².